The van der Waals surface area contributed by atoms with Crippen LogP contribution >= 0.6 is 11.6 Å². The van der Waals surface area contributed by atoms with Gasteiger partial charge in [-0.15, -0.1) is 0 Å². The van der Waals surface area contributed by atoms with Gasteiger partial charge >= 0.3 is 0 Å². The summed E-state index contributed by atoms with van der Waals surface area (Å²) >= 11 is 6.18. The molecule has 5 heteroatoms. The first-order chi connectivity index (χ1) is 9.74. The fourth-order valence-electron chi connectivity index (χ4n) is 1.75. The van der Waals surface area contributed by atoms with E-state index in [9.17, 15) is 5.11 Å². The summed E-state index contributed by atoms with van der Waals surface area (Å²) < 4.78 is 11.2. The molecule has 0 aliphatic carbocycles. The van der Waals surface area contributed by atoms with E-state index in [1.54, 1.807) is 24.5 Å². The quantitative estimate of drug-likeness (QED) is 0.888. The summed E-state index contributed by atoms with van der Waals surface area (Å²) in [6, 6.07) is 7.17. The van der Waals surface area contributed by atoms with Gasteiger partial charge in [0.1, 0.15) is 6.61 Å². The molecule has 106 valence electrons. The molecule has 1 heterocycles. The third-order valence-electron chi connectivity index (χ3n) is 2.66. The van der Waals surface area contributed by atoms with Crippen LogP contribution in [0.4, 0.5) is 0 Å². The molecule has 1 N–H and O–H groups in total. The third-order valence-corrected chi connectivity index (χ3v) is 2.94. The molecule has 1 aromatic carbocycles. The van der Waals surface area contributed by atoms with Crippen molar-refractivity contribution in [2.45, 2.75) is 20.1 Å². The van der Waals surface area contributed by atoms with E-state index < -0.39 is 0 Å². The van der Waals surface area contributed by atoms with Crippen LogP contribution in [0.25, 0.3) is 0 Å². The lowest BCUT2D eigenvalue weighted by Gasteiger charge is -2.14. The van der Waals surface area contributed by atoms with Gasteiger partial charge in [-0.2, -0.15) is 0 Å². The Kier molecular flexibility index (Phi) is 5.21. The fourth-order valence-corrected chi connectivity index (χ4v) is 2.04. The SMILES string of the molecule is CCOc1cc(CO)cc(Cl)c1OCc1cccnc1. The predicted octanol–water partition coefficient (Wildman–Crippen LogP) is 3.21. The van der Waals surface area contributed by atoms with Gasteiger partial charge in [-0.25, -0.2) is 0 Å². The van der Waals surface area contributed by atoms with Crippen molar-refractivity contribution in [3.05, 3.63) is 52.8 Å². The maximum absolute atomic E-state index is 9.19. The number of aliphatic hydroxyl groups excluding tert-OH is 1. The van der Waals surface area contributed by atoms with Crippen molar-refractivity contribution < 1.29 is 14.6 Å². The summed E-state index contributed by atoms with van der Waals surface area (Å²) in [5.74, 6) is 1.02. The van der Waals surface area contributed by atoms with Crippen LogP contribution in [0.1, 0.15) is 18.1 Å². The number of ether oxygens (including phenoxy) is 2. The number of nitrogens with zero attached hydrogens (tertiary/aromatic N) is 1. The van der Waals surface area contributed by atoms with E-state index in [2.05, 4.69) is 4.98 Å². The van der Waals surface area contributed by atoms with E-state index in [0.717, 1.165) is 5.56 Å². The monoisotopic (exact) mass is 293 g/mol. The van der Waals surface area contributed by atoms with Crippen LogP contribution < -0.4 is 9.47 Å². The highest BCUT2D eigenvalue weighted by atomic mass is 35.5. The number of rotatable bonds is 6. The molecule has 1 aromatic heterocycles. The lowest BCUT2D eigenvalue weighted by atomic mass is 10.2. The fraction of sp³-hybridized carbons (Fsp3) is 0.267. The van der Waals surface area contributed by atoms with E-state index in [-0.39, 0.29) is 6.61 Å². The molecule has 0 aliphatic heterocycles. The first-order valence-corrected chi connectivity index (χ1v) is 6.70. The average molecular weight is 294 g/mol. The molecule has 20 heavy (non-hydrogen) atoms. The highest BCUT2D eigenvalue weighted by Gasteiger charge is 2.12. The Labute approximate surface area is 122 Å². The van der Waals surface area contributed by atoms with Crippen molar-refractivity contribution in [1.82, 2.24) is 4.98 Å². The van der Waals surface area contributed by atoms with Crippen molar-refractivity contribution in [1.29, 1.82) is 0 Å². The standard InChI is InChI=1S/C15H16ClNO3/c1-2-19-14-7-12(9-18)6-13(16)15(14)20-10-11-4-3-5-17-8-11/h3-8,18H,2,9-10H2,1H3. The minimum atomic E-state index is -0.0946. The first kappa shape index (κ1) is 14.6. The second-order valence-corrected chi connectivity index (χ2v) is 4.55. The van der Waals surface area contributed by atoms with Crippen LogP contribution in [0.3, 0.4) is 0 Å². The average Bonchev–Trinajstić information content (AvgIpc) is 2.47. The maximum atomic E-state index is 9.19. The zero-order valence-corrected chi connectivity index (χ0v) is 11.9. The van der Waals surface area contributed by atoms with Crippen molar-refractivity contribution in [3.8, 4) is 11.5 Å². The largest absolute Gasteiger partial charge is 0.490 e. The van der Waals surface area contributed by atoms with Gasteiger partial charge in [0.15, 0.2) is 11.5 Å². The van der Waals surface area contributed by atoms with E-state index in [1.807, 2.05) is 19.1 Å². The Bertz CT molecular complexity index is 561. The molecule has 0 bridgehead atoms. The van der Waals surface area contributed by atoms with Crippen LogP contribution in [0.15, 0.2) is 36.7 Å². The molecule has 4 nitrogen and oxygen atoms in total. The molecular formula is C15H16ClNO3. The minimum absolute atomic E-state index is 0.0946. The van der Waals surface area contributed by atoms with Crippen LogP contribution in [0.5, 0.6) is 11.5 Å². The van der Waals surface area contributed by atoms with E-state index in [4.69, 9.17) is 21.1 Å². The van der Waals surface area contributed by atoms with Crippen LogP contribution in [0.2, 0.25) is 5.02 Å². The third kappa shape index (κ3) is 3.62. The van der Waals surface area contributed by atoms with Crippen molar-refractivity contribution in [2.24, 2.45) is 0 Å². The van der Waals surface area contributed by atoms with E-state index in [0.29, 0.717) is 35.3 Å². The molecule has 0 radical (unpaired) electrons. The van der Waals surface area contributed by atoms with Crippen LogP contribution in [-0.4, -0.2) is 16.7 Å². The summed E-state index contributed by atoms with van der Waals surface area (Å²) in [4.78, 5) is 4.03. The predicted molar refractivity (Wildman–Crippen MR) is 77.1 cm³/mol. The molecule has 0 saturated heterocycles. The highest BCUT2D eigenvalue weighted by Crippen LogP contribution is 2.37. The van der Waals surface area contributed by atoms with Gasteiger partial charge < -0.3 is 14.6 Å². The number of halogens is 1. The molecule has 0 amide bonds. The Hall–Kier alpha value is -1.78. The number of aliphatic hydroxyl groups is 1. The number of hydrogen-bond acceptors (Lipinski definition) is 4. The lowest BCUT2D eigenvalue weighted by Crippen LogP contribution is -2.01. The lowest BCUT2D eigenvalue weighted by molar-refractivity contribution is 0.263. The number of aromatic nitrogens is 1. The first-order valence-electron chi connectivity index (χ1n) is 6.32. The summed E-state index contributed by atoms with van der Waals surface area (Å²) in [6.45, 7) is 2.63. The molecular weight excluding hydrogens is 278 g/mol. The minimum Gasteiger partial charge on any atom is -0.490 e. The molecule has 0 saturated carbocycles. The normalized spacial score (nSPS) is 10.3. The Balaban J connectivity index is 2.21. The second kappa shape index (κ2) is 7.12. The van der Waals surface area contributed by atoms with Gasteiger partial charge in [0, 0.05) is 18.0 Å². The molecule has 0 unspecified atom stereocenters. The Morgan fingerprint density at radius 3 is 2.75 bits per heavy atom. The topological polar surface area (TPSA) is 51.6 Å². The summed E-state index contributed by atoms with van der Waals surface area (Å²) in [5, 5.41) is 9.61. The van der Waals surface area contributed by atoms with Crippen molar-refractivity contribution >= 4 is 11.6 Å². The van der Waals surface area contributed by atoms with Gasteiger partial charge in [0.2, 0.25) is 0 Å². The Morgan fingerprint density at radius 2 is 2.10 bits per heavy atom. The molecule has 2 rings (SSSR count). The van der Waals surface area contributed by atoms with E-state index >= 15 is 0 Å². The summed E-state index contributed by atoms with van der Waals surface area (Å²) in [5.41, 5.74) is 1.63. The van der Waals surface area contributed by atoms with Gasteiger partial charge in [-0.1, -0.05) is 17.7 Å². The van der Waals surface area contributed by atoms with Crippen molar-refractivity contribution in [2.75, 3.05) is 6.61 Å². The molecule has 2 aromatic rings. The van der Waals surface area contributed by atoms with E-state index in [1.165, 1.54) is 0 Å². The Morgan fingerprint density at radius 1 is 1.25 bits per heavy atom. The van der Waals surface area contributed by atoms with Gasteiger partial charge in [-0.05, 0) is 30.7 Å². The van der Waals surface area contributed by atoms with Gasteiger partial charge in [0.05, 0.1) is 18.2 Å². The van der Waals surface area contributed by atoms with Crippen molar-refractivity contribution in [3.63, 3.8) is 0 Å². The van der Waals surface area contributed by atoms with Crippen LogP contribution in [-0.2, 0) is 13.2 Å². The molecule has 0 fully saturated rings. The number of pyridine rings is 1. The number of hydrogen-bond donors (Lipinski definition) is 1. The van der Waals surface area contributed by atoms with Crippen LogP contribution in [0, 0.1) is 0 Å². The zero-order valence-electron chi connectivity index (χ0n) is 11.2. The molecule has 0 aliphatic rings. The number of benzene rings is 1. The van der Waals surface area contributed by atoms with Gasteiger partial charge in [-0.3, -0.25) is 4.98 Å². The molecule has 0 spiro atoms. The smallest absolute Gasteiger partial charge is 0.180 e. The van der Waals surface area contributed by atoms with Gasteiger partial charge in [0.25, 0.3) is 0 Å². The maximum Gasteiger partial charge on any atom is 0.180 e. The highest BCUT2D eigenvalue weighted by molar-refractivity contribution is 6.32. The zero-order chi connectivity index (χ0) is 14.4. The summed E-state index contributed by atoms with van der Waals surface area (Å²) in [7, 11) is 0. The summed E-state index contributed by atoms with van der Waals surface area (Å²) in [6.07, 6.45) is 3.44. The second-order valence-electron chi connectivity index (χ2n) is 4.15. The molecule has 0 atom stereocenters.